The van der Waals surface area contributed by atoms with Gasteiger partial charge in [0.05, 0.1) is 0 Å². The first kappa shape index (κ1) is 14.4. The van der Waals surface area contributed by atoms with Gasteiger partial charge in [0, 0.05) is 29.4 Å². The van der Waals surface area contributed by atoms with E-state index in [1.54, 1.807) is 0 Å². The maximum absolute atomic E-state index is 11.2. The van der Waals surface area contributed by atoms with Crippen LogP contribution in [-0.2, 0) is 0 Å². The standard InChI is InChI=1S/C17H25N3O/c1-2-9-19-13-10-15-7-8-16(11-13)20(15)14-5-3-12(4-6-14)17(18)21/h3-6,13,15-16,19H,2,7-11H2,1H3,(H2,18,21). The zero-order chi connectivity index (χ0) is 14.8. The third-order valence-electron chi connectivity index (χ3n) is 4.87. The first-order valence-electron chi connectivity index (χ1n) is 8.10. The van der Waals surface area contributed by atoms with Crippen molar-refractivity contribution in [1.29, 1.82) is 0 Å². The monoisotopic (exact) mass is 287 g/mol. The average Bonchev–Trinajstić information content (AvgIpc) is 2.76. The second-order valence-corrected chi connectivity index (χ2v) is 6.33. The number of primary amides is 1. The van der Waals surface area contributed by atoms with E-state index in [4.69, 9.17) is 5.73 Å². The summed E-state index contributed by atoms with van der Waals surface area (Å²) in [5, 5.41) is 3.68. The molecule has 4 nitrogen and oxygen atoms in total. The molecule has 2 aliphatic heterocycles. The van der Waals surface area contributed by atoms with Crippen LogP contribution in [0.3, 0.4) is 0 Å². The summed E-state index contributed by atoms with van der Waals surface area (Å²) in [4.78, 5) is 13.7. The third-order valence-corrected chi connectivity index (χ3v) is 4.87. The summed E-state index contributed by atoms with van der Waals surface area (Å²) in [6, 6.07) is 9.73. The molecule has 2 fully saturated rings. The molecule has 2 atom stereocenters. The second-order valence-electron chi connectivity index (χ2n) is 6.33. The Labute approximate surface area is 126 Å². The van der Waals surface area contributed by atoms with Gasteiger partial charge < -0.3 is 16.0 Å². The van der Waals surface area contributed by atoms with Gasteiger partial charge in [-0.25, -0.2) is 0 Å². The largest absolute Gasteiger partial charge is 0.366 e. The van der Waals surface area contributed by atoms with E-state index in [9.17, 15) is 4.79 Å². The number of nitrogens with zero attached hydrogens (tertiary/aromatic N) is 1. The molecule has 0 aliphatic carbocycles. The van der Waals surface area contributed by atoms with Crippen LogP contribution in [0.5, 0.6) is 0 Å². The van der Waals surface area contributed by atoms with Gasteiger partial charge in [0.25, 0.3) is 0 Å². The lowest BCUT2D eigenvalue weighted by Crippen LogP contribution is -2.49. The van der Waals surface area contributed by atoms with Crippen LogP contribution in [0.1, 0.15) is 49.4 Å². The topological polar surface area (TPSA) is 58.4 Å². The summed E-state index contributed by atoms with van der Waals surface area (Å²) in [5.41, 5.74) is 7.14. The number of carbonyl (C=O) groups excluding carboxylic acids is 1. The highest BCUT2D eigenvalue weighted by atomic mass is 16.1. The number of nitrogens with one attached hydrogen (secondary N) is 1. The number of hydrogen-bond acceptors (Lipinski definition) is 3. The lowest BCUT2D eigenvalue weighted by Gasteiger charge is -2.41. The predicted octanol–water partition coefficient (Wildman–Crippen LogP) is 2.28. The average molecular weight is 287 g/mol. The van der Waals surface area contributed by atoms with E-state index in [0.717, 1.165) is 6.54 Å². The van der Waals surface area contributed by atoms with Crippen LogP contribution >= 0.6 is 0 Å². The smallest absolute Gasteiger partial charge is 0.248 e. The van der Waals surface area contributed by atoms with Crippen molar-refractivity contribution >= 4 is 11.6 Å². The SMILES string of the molecule is CCCNC1CC2CCC(C1)N2c1ccc(C(N)=O)cc1. The Morgan fingerprint density at radius 1 is 1.24 bits per heavy atom. The van der Waals surface area contributed by atoms with E-state index in [0.29, 0.717) is 23.7 Å². The molecule has 114 valence electrons. The Balaban J connectivity index is 1.71. The predicted molar refractivity (Wildman–Crippen MR) is 85.6 cm³/mol. The Kier molecular flexibility index (Phi) is 4.15. The van der Waals surface area contributed by atoms with Gasteiger partial charge in [0.15, 0.2) is 0 Å². The van der Waals surface area contributed by atoms with E-state index in [2.05, 4.69) is 17.1 Å². The summed E-state index contributed by atoms with van der Waals surface area (Å²) in [6.45, 7) is 3.34. The van der Waals surface area contributed by atoms with Crippen molar-refractivity contribution in [2.24, 2.45) is 5.73 Å². The van der Waals surface area contributed by atoms with Crippen LogP contribution in [0.4, 0.5) is 5.69 Å². The van der Waals surface area contributed by atoms with Crippen molar-refractivity contribution < 1.29 is 4.79 Å². The first-order chi connectivity index (χ1) is 10.2. The molecule has 2 unspecified atom stereocenters. The fourth-order valence-electron chi connectivity index (χ4n) is 3.91. The molecule has 1 aromatic carbocycles. The van der Waals surface area contributed by atoms with Gasteiger partial charge in [0.2, 0.25) is 5.91 Å². The quantitative estimate of drug-likeness (QED) is 0.873. The molecular weight excluding hydrogens is 262 g/mol. The summed E-state index contributed by atoms with van der Waals surface area (Å²) >= 11 is 0. The molecule has 1 amide bonds. The summed E-state index contributed by atoms with van der Waals surface area (Å²) in [7, 11) is 0. The number of rotatable bonds is 5. The maximum atomic E-state index is 11.2. The number of carbonyl (C=O) groups is 1. The lowest BCUT2D eigenvalue weighted by molar-refractivity contribution is 0.100. The number of benzene rings is 1. The van der Waals surface area contributed by atoms with Crippen molar-refractivity contribution in [3.8, 4) is 0 Å². The minimum absolute atomic E-state index is 0.355. The van der Waals surface area contributed by atoms with Crippen molar-refractivity contribution in [2.45, 2.75) is 57.2 Å². The Hall–Kier alpha value is -1.55. The second kappa shape index (κ2) is 6.06. The van der Waals surface area contributed by atoms with Gasteiger partial charge in [-0.15, -0.1) is 0 Å². The highest BCUT2D eigenvalue weighted by Crippen LogP contribution is 2.39. The Bertz CT molecular complexity index is 485. The molecule has 0 saturated carbocycles. The molecule has 0 radical (unpaired) electrons. The summed E-state index contributed by atoms with van der Waals surface area (Å²) < 4.78 is 0. The molecule has 2 bridgehead atoms. The fraction of sp³-hybridized carbons (Fsp3) is 0.588. The van der Waals surface area contributed by atoms with Crippen LogP contribution in [0.2, 0.25) is 0 Å². The van der Waals surface area contributed by atoms with Crippen LogP contribution in [-0.4, -0.2) is 30.6 Å². The lowest BCUT2D eigenvalue weighted by atomic mass is 9.96. The van der Waals surface area contributed by atoms with Gasteiger partial charge in [-0.1, -0.05) is 6.92 Å². The number of amides is 1. The van der Waals surface area contributed by atoms with E-state index in [1.165, 1.54) is 37.8 Å². The molecule has 4 heteroatoms. The highest BCUT2D eigenvalue weighted by molar-refractivity contribution is 5.93. The van der Waals surface area contributed by atoms with Gasteiger partial charge in [-0.2, -0.15) is 0 Å². The number of piperidine rings is 1. The van der Waals surface area contributed by atoms with Crippen LogP contribution in [0.15, 0.2) is 24.3 Å². The molecule has 0 spiro atoms. The molecular formula is C17H25N3O. The van der Waals surface area contributed by atoms with E-state index in [-0.39, 0.29) is 5.91 Å². The van der Waals surface area contributed by atoms with E-state index < -0.39 is 0 Å². The summed E-state index contributed by atoms with van der Waals surface area (Å²) in [5.74, 6) is -0.355. The number of fused-ring (bicyclic) bond motifs is 2. The molecule has 2 aliphatic rings. The maximum Gasteiger partial charge on any atom is 0.248 e. The van der Waals surface area contributed by atoms with Crippen molar-refractivity contribution in [3.05, 3.63) is 29.8 Å². The molecule has 3 N–H and O–H groups in total. The van der Waals surface area contributed by atoms with Crippen molar-refractivity contribution in [2.75, 3.05) is 11.4 Å². The number of nitrogens with two attached hydrogens (primary N) is 1. The molecule has 2 saturated heterocycles. The fourth-order valence-corrected chi connectivity index (χ4v) is 3.91. The zero-order valence-electron chi connectivity index (χ0n) is 12.7. The van der Waals surface area contributed by atoms with E-state index >= 15 is 0 Å². The molecule has 0 aromatic heterocycles. The van der Waals surface area contributed by atoms with Gasteiger partial charge in [-0.05, 0) is 62.9 Å². The number of anilines is 1. The van der Waals surface area contributed by atoms with Gasteiger partial charge in [0.1, 0.15) is 0 Å². The Morgan fingerprint density at radius 2 is 1.86 bits per heavy atom. The van der Waals surface area contributed by atoms with Crippen molar-refractivity contribution in [3.63, 3.8) is 0 Å². The third kappa shape index (κ3) is 2.91. The molecule has 2 heterocycles. The summed E-state index contributed by atoms with van der Waals surface area (Å²) in [6.07, 6.45) is 6.23. The van der Waals surface area contributed by atoms with Crippen LogP contribution in [0.25, 0.3) is 0 Å². The molecule has 21 heavy (non-hydrogen) atoms. The molecule has 1 aromatic rings. The van der Waals surface area contributed by atoms with E-state index in [1.807, 2.05) is 24.3 Å². The Morgan fingerprint density at radius 3 is 2.38 bits per heavy atom. The highest BCUT2D eigenvalue weighted by Gasteiger charge is 2.40. The molecule has 3 rings (SSSR count). The minimum atomic E-state index is -0.355. The van der Waals surface area contributed by atoms with Gasteiger partial charge in [-0.3, -0.25) is 4.79 Å². The van der Waals surface area contributed by atoms with Crippen LogP contribution in [0, 0.1) is 0 Å². The number of hydrogen-bond donors (Lipinski definition) is 2. The van der Waals surface area contributed by atoms with Crippen LogP contribution < -0.4 is 16.0 Å². The zero-order valence-corrected chi connectivity index (χ0v) is 12.7. The minimum Gasteiger partial charge on any atom is -0.366 e. The van der Waals surface area contributed by atoms with Gasteiger partial charge >= 0.3 is 0 Å². The van der Waals surface area contributed by atoms with Crippen molar-refractivity contribution in [1.82, 2.24) is 5.32 Å². The first-order valence-corrected chi connectivity index (χ1v) is 8.10. The normalized spacial score (nSPS) is 27.9.